The van der Waals surface area contributed by atoms with Crippen LogP contribution >= 0.6 is 12.6 Å². The molecule has 78 valence electrons. The summed E-state index contributed by atoms with van der Waals surface area (Å²) in [5, 5.41) is 9.14. The van der Waals surface area contributed by atoms with Crippen LogP contribution in [0.15, 0.2) is 0 Å². The van der Waals surface area contributed by atoms with Crippen LogP contribution in [0.25, 0.3) is 0 Å². The molecule has 1 saturated heterocycles. The maximum absolute atomic E-state index is 9.14. The van der Waals surface area contributed by atoms with Crippen molar-refractivity contribution in [2.45, 2.75) is 26.3 Å². The molecular formula is C10H21NOS. The number of thiol groups is 1. The first-order valence-corrected chi connectivity index (χ1v) is 5.78. The van der Waals surface area contributed by atoms with E-state index in [0.29, 0.717) is 24.5 Å². The predicted molar refractivity (Wildman–Crippen MR) is 59.2 cm³/mol. The number of hydrogen-bond donors (Lipinski definition) is 2. The zero-order valence-corrected chi connectivity index (χ0v) is 9.50. The molecule has 0 spiro atoms. The van der Waals surface area contributed by atoms with Crippen LogP contribution in [0.1, 0.15) is 20.3 Å². The van der Waals surface area contributed by atoms with E-state index >= 15 is 0 Å². The Morgan fingerprint density at radius 1 is 1.54 bits per heavy atom. The summed E-state index contributed by atoms with van der Waals surface area (Å²) in [4.78, 5) is 2.48. The van der Waals surface area contributed by atoms with Crippen LogP contribution in [0.5, 0.6) is 0 Å². The number of nitrogens with zero attached hydrogens (tertiary/aromatic N) is 1. The maximum atomic E-state index is 9.14. The van der Waals surface area contributed by atoms with Gasteiger partial charge in [-0.15, -0.1) is 0 Å². The van der Waals surface area contributed by atoms with Crippen LogP contribution in [-0.4, -0.2) is 41.5 Å². The van der Waals surface area contributed by atoms with Crippen molar-refractivity contribution in [1.82, 2.24) is 4.90 Å². The van der Waals surface area contributed by atoms with Crippen LogP contribution in [0.4, 0.5) is 0 Å². The van der Waals surface area contributed by atoms with Gasteiger partial charge in [0.2, 0.25) is 0 Å². The topological polar surface area (TPSA) is 23.5 Å². The maximum Gasteiger partial charge on any atom is 0.0470 e. The van der Waals surface area contributed by atoms with Gasteiger partial charge in [0.05, 0.1) is 0 Å². The Bertz CT molecular complexity index is 148. The van der Waals surface area contributed by atoms with Gasteiger partial charge in [0.15, 0.2) is 0 Å². The Labute approximate surface area is 86.7 Å². The van der Waals surface area contributed by atoms with E-state index < -0.39 is 0 Å². The molecule has 0 aromatic heterocycles. The van der Waals surface area contributed by atoms with Gasteiger partial charge < -0.3 is 10.0 Å². The second kappa shape index (κ2) is 5.23. The fraction of sp³-hybridized carbons (Fsp3) is 1.00. The molecule has 2 atom stereocenters. The molecule has 0 radical (unpaired) electrons. The summed E-state index contributed by atoms with van der Waals surface area (Å²) in [5.41, 5.74) is 0. The summed E-state index contributed by atoms with van der Waals surface area (Å²) in [6, 6.07) is 0.643. The van der Waals surface area contributed by atoms with E-state index in [-0.39, 0.29) is 0 Å². The lowest BCUT2D eigenvalue weighted by Gasteiger charge is -2.23. The largest absolute Gasteiger partial charge is 0.396 e. The fourth-order valence-electron chi connectivity index (χ4n) is 2.03. The molecule has 1 aliphatic heterocycles. The first-order chi connectivity index (χ1) is 6.19. The number of likely N-dealkylation sites (tertiary alicyclic amines) is 1. The first-order valence-electron chi connectivity index (χ1n) is 5.14. The molecular weight excluding hydrogens is 182 g/mol. The SMILES string of the molecule is CC(C)N1CCC(C(CO)CS)C1. The van der Waals surface area contributed by atoms with Gasteiger partial charge in [-0.05, 0) is 44.4 Å². The van der Waals surface area contributed by atoms with Gasteiger partial charge in [-0.3, -0.25) is 0 Å². The van der Waals surface area contributed by atoms with Crippen molar-refractivity contribution in [3.8, 4) is 0 Å². The lowest BCUT2D eigenvalue weighted by Crippen LogP contribution is -2.30. The van der Waals surface area contributed by atoms with Crippen molar-refractivity contribution in [2.24, 2.45) is 11.8 Å². The lowest BCUT2D eigenvalue weighted by molar-refractivity contribution is 0.183. The molecule has 0 bridgehead atoms. The Morgan fingerprint density at radius 2 is 2.23 bits per heavy atom. The summed E-state index contributed by atoms with van der Waals surface area (Å²) in [6.45, 7) is 7.09. The minimum atomic E-state index is 0.292. The van der Waals surface area contributed by atoms with Crippen molar-refractivity contribution < 1.29 is 5.11 Å². The summed E-state index contributed by atoms with van der Waals surface area (Å²) in [6.07, 6.45) is 1.23. The van der Waals surface area contributed by atoms with E-state index in [0.717, 1.165) is 12.3 Å². The minimum absolute atomic E-state index is 0.292. The van der Waals surface area contributed by atoms with Crippen molar-refractivity contribution in [1.29, 1.82) is 0 Å². The Hall–Kier alpha value is 0.270. The molecule has 0 saturated carbocycles. The zero-order valence-electron chi connectivity index (χ0n) is 8.61. The lowest BCUT2D eigenvalue weighted by atomic mass is 9.94. The van der Waals surface area contributed by atoms with E-state index in [9.17, 15) is 0 Å². The van der Waals surface area contributed by atoms with Gasteiger partial charge >= 0.3 is 0 Å². The van der Waals surface area contributed by atoms with E-state index in [1.165, 1.54) is 13.0 Å². The third-order valence-corrected chi connectivity index (χ3v) is 3.59. The van der Waals surface area contributed by atoms with E-state index in [4.69, 9.17) is 5.11 Å². The Kier molecular flexibility index (Phi) is 4.56. The van der Waals surface area contributed by atoms with Crippen molar-refractivity contribution in [3.63, 3.8) is 0 Å². The summed E-state index contributed by atoms with van der Waals surface area (Å²) >= 11 is 4.27. The molecule has 1 N–H and O–H groups in total. The monoisotopic (exact) mass is 203 g/mol. The third-order valence-electron chi connectivity index (χ3n) is 3.12. The van der Waals surface area contributed by atoms with E-state index in [2.05, 4.69) is 31.4 Å². The highest BCUT2D eigenvalue weighted by molar-refractivity contribution is 7.80. The first kappa shape index (κ1) is 11.3. The number of aliphatic hydroxyl groups is 1. The highest BCUT2D eigenvalue weighted by atomic mass is 32.1. The van der Waals surface area contributed by atoms with Crippen molar-refractivity contribution >= 4 is 12.6 Å². The zero-order chi connectivity index (χ0) is 9.84. The minimum Gasteiger partial charge on any atom is -0.396 e. The fourth-order valence-corrected chi connectivity index (χ4v) is 2.44. The van der Waals surface area contributed by atoms with Crippen LogP contribution in [0, 0.1) is 11.8 Å². The highest BCUT2D eigenvalue weighted by Gasteiger charge is 2.29. The van der Waals surface area contributed by atoms with Gasteiger partial charge in [-0.1, -0.05) is 0 Å². The average molecular weight is 203 g/mol. The number of rotatable bonds is 4. The summed E-state index contributed by atoms with van der Waals surface area (Å²) in [5.74, 6) is 1.87. The van der Waals surface area contributed by atoms with Crippen molar-refractivity contribution in [2.75, 3.05) is 25.4 Å². The van der Waals surface area contributed by atoms with Crippen LogP contribution in [-0.2, 0) is 0 Å². The predicted octanol–water partition coefficient (Wildman–Crippen LogP) is 1.25. The smallest absolute Gasteiger partial charge is 0.0470 e. The quantitative estimate of drug-likeness (QED) is 0.672. The molecule has 0 aromatic rings. The van der Waals surface area contributed by atoms with Gasteiger partial charge in [0.25, 0.3) is 0 Å². The molecule has 0 amide bonds. The molecule has 2 nitrogen and oxygen atoms in total. The molecule has 2 unspecified atom stereocenters. The molecule has 1 rings (SSSR count). The van der Waals surface area contributed by atoms with Gasteiger partial charge in [-0.25, -0.2) is 0 Å². The summed E-state index contributed by atoms with van der Waals surface area (Å²) < 4.78 is 0. The third kappa shape index (κ3) is 2.86. The van der Waals surface area contributed by atoms with Crippen LogP contribution in [0.3, 0.4) is 0 Å². The molecule has 0 aromatic carbocycles. The van der Waals surface area contributed by atoms with Crippen LogP contribution in [0.2, 0.25) is 0 Å². The molecule has 1 heterocycles. The molecule has 13 heavy (non-hydrogen) atoms. The average Bonchev–Trinajstić information content (AvgIpc) is 2.56. The second-order valence-corrected chi connectivity index (χ2v) is 4.63. The Balaban J connectivity index is 2.39. The summed E-state index contributed by atoms with van der Waals surface area (Å²) in [7, 11) is 0. The highest BCUT2D eigenvalue weighted by Crippen LogP contribution is 2.25. The van der Waals surface area contributed by atoms with Crippen LogP contribution < -0.4 is 0 Å². The van der Waals surface area contributed by atoms with Gasteiger partial charge in [-0.2, -0.15) is 12.6 Å². The molecule has 3 heteroatoms. The van der Waals surface area contributed by atoms with Gasteiger partial charge in [0, 0.05) is 19.2 Å². The molecule has 1 aliphatic rings. The number of hydrogen-bond acceptors (Lipinski definition) is 3. The van der Waals surface area contributed by atoms with E-state index in [1.807, 2.05) is 0 Å². The van der Waals surface area contributed by atoms with Gasteiger partial charge in [0.1, 0.15) is 0 Å². The normalized spacial score (nSPS) is 27.0. The molecule has 0 aliphatic carbocycles. The standard InChI is InChI=1S/C10H21NOS/c1-8(2)11-4-3-9(5-11)10(6-12)7-13/h8-10,12-13H,3-7H2,1-2H3. The number of aliphatic hydroxyl groups excluding tert-OH is 1. The Morgan fingerprint density at radius 3 is 2.62 bits per heavy atom. The second-order valence-electron chi connectivity index (χ2n) is 4.26. The van der Waals surface area contributed by atoms with Crippen molar-refractivity contribution in [3.05, 3.63) is 0 Å². The molecule has 1 fully saturated rings. The van der Waals surface area contributed by atoms with E-state index in [1.54, 1.807) is 0 Å².